The second-order valence-electron chi connectivity index (χ2n) is 9.66. The van der Waals surface area contributed by atoms with E-state index in [1.165, 1.54) is 19.2 Å². The first-order valence-electron chi connectivity index (χ1n) is 13.0. The molecule has 0 aliphatic carbocycles. The van der Waals surface area contributed by atoms with Gasteiger partial charge in [0.25, 0.3) is 5.91 Å². The van der Waals surface area contributed by atoms with E-state index in [1.807, 2.05) is 0 Å². The molecule has 9 nitrogen and oxygen atoms in total. The van der Waals surface area contributed by atoms with Crippen LogP contribution in [0.4, 0.5) is 21.5 Å². The van der Waals surface area contributed by atoms with Crippen molar-refractivity contribution in [2.24, 2.45) is 0 Å². The van der Waals surface area contributed by atoms with Gasteiger partial charge >= 0.3 is 0 Å². The molecule has 1 aliphatic heterocycles. The average Bonchev–Trinajstić information content (AvgIpc) is 2.90. The molecule has 1 amide bonds. The molecule has 0 spiro atoms. The van der Waals surface area contributed by atoms with Gasteiger partial charge in [0.05, 0.1) is 42.8 Å². The van der Waals surface area contributed by atoms with Crippen LogP contribution in [0.25, 0.3) is 0 Å². The minimum absolute atomic E-state index is 0.0370. The number of anilines is 3. The van der Waals surface area contributed by atoms with E-state index in [0.717, 1.165) is 55.0 Å². The predicted octanol–water partition coefficient (Wildman–Crippen LogP) is 4.91. The number of hydrogen-bond donors (Lipinski definition) is 3. The van der Waals surface area contributed by atoms with E-state index in [0.29, 0.717) is 19.5 Å². The van der Waals surface area contributed by atoms with Crippen LogP contribution in [0.3, 0.4) is 0 Å². The third-order valence-corrected chi connectivity index (χ3v) is 10.3. The predicted molar refractivity (Wildman–Crippen MR) is 157 cm³/mol. The van der Waals surface area contributed by atoms with Gasteiger partial charge in [-0.25, -0.2) is 21.8 Å². The highest BCUT2D eigenvalue weighted by Gasteiger charge is 2.25. The summed E-state index contributed by atoms with van der Waals surface area (Å²) in [6.45, 7) is 5.03. The van der Waals surface area contributed by atoms with Crippen molar-refractivity contribution in [2.75, 3.05) is 59.8 Å². The fourth-order valence-electron chi connectivity index (χ4n) is 4.37. The fraction of sp³-hybridized carbons (Fsp3) is 0.500. The summed E-state index contributed by atoms with van der Waals surface area (Å²) in [5.74, 6) is -1.66. The summed E-state index contributed by atoms with van der Waals surface area (Å²) in [5, 5.41) is 5.27. The van der Waals surface area contributed by atoms with Gasteiger partial charge in [0, 0.05) is 44.7 Å². The number of nitrogens with zero attached hydrogens (tertiary/aromatic N) is 2. The highest BCUT2D eigenvalue weighted by molar-refractivity contribution is 7.92. The Labute approximate surface area is 236 Å². The molecule has 1 unspecified atom stereocenters. The van der Waals surface area contributed by atoms with Crippen molar-refractivity contribution in [2.45, 2.75) is 43.9 Å². The van der Waals surface area contributed by atoms with Crippen LogP contribution in [0.15, 0.2) is 35.2 Å². The summed E-state index contributed by atoms with van der Waals surface area (Å²) >= 11 is 6.22. The van der Waals surface area contributed by atoms with Gasteiger partial charge in [0.1, 0.15) is 0 Å². The zero-order valence-electron chi connectivity index (χ0n) is 22.6. The highest BCUT2D eigenvalue weighted by Crippen LogP contribution is 2.33. The normalized spacial score (nSPS) is 15.6. The molecule has 1 aliphatic rings. The largest absolute Gasteiger partial charge is 0.369 e. The Morgan fingerprint density at radius 1 is 1.13 bits per heavy atom. The minimum atomic E-state index is -3.69. The summed E-state index contributed by atoms with van der Waals surface area (Å²) < 4.78 is 62.1. The van der Waals surface area contributed by atoms with Crippen LogP contribution in [0.1, 0.15) is 49.4 Å². The molecule has 1 fully saturated rings. The van der Waals surface area contributed by atoms with Crippen LogP contribution in [0, 0.1) is 10.6 Å². The quantitative estimate of drug-likeness (QED) is 0.297. The average molecular weight is 602 g/mol. The molecule has 1 saturated heterocycles. The van der Waals surface area contributed by atoms with E-state index < -0.39 is 36.5 Å². The standard InChI is InChI=1S/C26H37ClFN5O4S2/c1-4-5-6-7-8-17-39(29,37)23-12-10-21(25(28)24(23)27)31-26(34)20-18-19(33-15-13-30-14-16-33)9-11-22(20)32(2)38(3,35)36/h9-12,18,29-30H,4-8,13-17H2,1-3H3,(H,31,34). The maximum Gasteiger partial charge on any atom is 0.257 e. The van der Waals surface area contributed by atoms with Crippen LogP contribution in [0.5, 0.6) is 0 Å². The lowest BCUT2D eigenvalue weighted by Gasteiger charge is -2.30. The number of sulfonamides is 1. The first kappa shape index (κ1) is 31.1. The summed E-state index contributed by atoms with van der Waals surface area (Å²) in [7, 11) is -5.67. The van der Waals surface area contributed by atoms with E-state index in [1.54, 1.807) is 18.2 Å². The molecule has 0 saturated carbocycles. The van der Waals surface area contributed by atoms with Gasteiger partial charge in [-0.05, 0) is 36.8 Å². The van der Waals surface area contributed by atoms with E-state index in [4.69, 9.17) is 16.4 Å². The van der Waals surface area contributed by atoms with E-state index in [2.05, 4.69) is 22.5 Å². The van der Waals surface area contributed by atoms with Gasteiger partial charge in [0.2, 0.25) is 10.0 Å². The molecular formula is C26H37ClFN5O4S2. The van der Waals surface area contributed by atoms with Gasteiger partial charge in [-0.15, -0.1) is 0 Å². The van der Waals surface area contributed by atoms with Gasteiger partial charge in [-0.2, -0.15) is 0 Å². The first-order chi connectivity index (χ1) is 18.4. The molecule has 2 aromatic rings. The lowest BCUT2D eigenvalue weighted by atomic mass is 10.1. The van der Waals surface area contributed by atoms with Gasteiger partial charge in [0.15, 0.2) is 5.82 Å². The number of carbonyl (C=O) groups excluding carboxylic acids is 1. The Bertz CT molecular complexity index is 1400. The number of piperazine rings is 1. The summed E-state index contributed by atoms with van der Waals surface area (Å²) in [4.78, 5) is 15.4. The van der Waals surface area contributed by atoms with Crippen LogP contribution in [-0.4, -0.2) is 63.8 Å². The number of unbranched alkanes of at least 4 members (excludes halogenated alkanes) is 4. The van der Waals surface area contributed by atoms with Crippen molar-refractivity contribution >= 4 is 54.3 Å². The van der Waals surface area contributed by atoms with Crippen LogP contribution < -0.4 is 19.8 Å². The molecule has 13 heteroatoms. The monoisotopic (exact) mass is 601 g/mol. The number of hydrogen-bond acceptors (Lipinski definition) is 7. The van der Waals surface area contributed by atoms with E-state index in [-0.39, 0.29) is 27.6 Å². The van der Waals surface area contributed by atoms with Crippen molar-refractivity contribution in [3.63, 3.8) is 0 Å². The number of halogens is 2. The van der Waals surface area contributed by atoms with Gasteiger partial charge in [-0.1, -0.05) is 44.2 Å². The van der Waals surface area contributed by atoms with E-state index >= 15 is 4.39 Å². The van der Waals surface area contributed by atoms with Crippen molar-refractivity contribution < 1.29 is 21.8 Å². The number of benzene rings is 2. The third-order valence-electron chi connectivity index (χ3n) is 6.73. The zero-order chi connectivity index (χ0) is 28.8. The molecule has 0 aromatic heterocycles. The highest BCUT2D eigenvalue weighted by atomic mass is 35.5. The Morgan fingerprint density at radius 2 is 1.79 bits per heavy atom. The van der Waals surface area contributed by atoms with Gasteiger partial charge < -0.3 is 15.5 Å². The molecule has 39 heavy (non-hydrogen) atoms. The molecule has 3 N–H and O–H groups in total. The number of carbonyl (C=O) groups is 1. The topological polar surface area (TPSA) is 123 Å². The summed E-state index contributed by atoms with van der Waals surface area (Å²) in [6.07, 6.45) is 5.52. The van der Waals surface area contributed by atoms with Crippen molar-refractivity contribution in [1.29, 1.82) is 4.78 Å². The molecule has 3 rings (SSSR count). The van der Waals surface area contributed by atoms with Crippen molar-refractivity contribution in [3.05, 3.63) is 46.7 Å². The molecule has 1 heterocycles. The first-order valence-corrected chi connectivity index (χ1v) is 16.9. The number of rotatable bonds is 12. The Hall–Kier alpha value is -2.41. The fourth-order valence-corrected chi connectivity index (χ4v) is 6.92. The van der Waals surface area contributed by atoms with Crippen LogP contribution >= 0.6 is 11.6 Å². The Balaban J connectivity index is 1.90. The molecule has 0 bridgehead atoms. The van der Waals surface area contributed by atoms with Crippen molar-refractivity contribution in [3.8, 4) is 0 Å². The summed E-state index contributed by atoms with van der Waals surface area (Å²) in [6, 6.07) is 7.43. The van der Waals surface area contributed by atoms with Crippen molar-refractivity contribution in [1.82, 2.24) is 5.32 Å². The maximum absolute atomic E-state index is 15.3. The molecule has 0 radical (unpaired) electrons. The smallest absolute Gasteiger partial charge is 0.257 e. The lowest BCUT2D eigenvalue weighted by Crippen LogP contribution is -2.43. The molecular weight excluding hydrogens is 565 g/mol. The Kier molecular flexibility index (Phi) is 10.6. The second-order valence-corrected chi connectivity index (χ2v) is 14.2. The van der Waals surface area contributed by atoms with Crippen LogP contribution in [0.2, 0.25) is 5.02 Å². The van der Waals surface area contributed by atoms with E-state index in [9.17, 15) is 17.4 Å². The molecule has 216 valence electrons. The number of nitrogens with one attached hydrogen (secondary N) is 3. The zero-order valence-corrected chi connectivity index (χ0v) is 24.9. The van der Waals surface area contributed by atoms with Gasteiger partial charge in [-0.3, -0.25) is 9.10 Å². The number of amides is 1. The Morgan fingerprint density at radius 3 is 2.44 bits per heavy atom. The van der Waals surface area contributed by atoms with Crippen LogP contribution in [-0.2, 0) is 19.8 Å². The molecule has 1 atom stereocenters. The third kappa shape index (κ3) is 7.84. The molecule has 2 aromatic carbocycles. The maximum atomic E-state index is 15.3. The second kappa shape index (κ2) is 13.3. The summed E-state index contributed by atoms with van der Waals surface area (Å²) in [5.41, 5.74) is 0.644. The SMILES string of the molecule is CCCCCCCS(=N)(=O)c1ccc(NC(=O)c2cc(N3CCNCC3)ccc2N(C)S(C)(=O)=O)c(F)c1Cl. The minimum Gasteiger partial charge on any atom is -0.369 e. The lowest BCUT2D eigenvalue weighted by molar-refractivity contribution is 0.102.